The lowest BCUT2D eigenvalue weighted by atomic mass is 10.1. The Balaban J connectivity index is 2.10. The summed E-state index contributed by atoms with van der Waals surface area (Å²) in [6.07, 6.45) is -2.62. The number of rotatable bonds is 41. The van der Waals surface area contributed by atoms with Crippen molar-refractivity contribution in [2.24, 2.45) is 0 Å². The third-order valence-corrected chi connectivity index (χ3v) is 21.2. The lowest BCUT2D eigenvalue weighted by molar-refractivity contribution is -0.142. The van der Waals surface area contributed by atoms with Crippen molar-refractivity contribution in [2.75, 3.05) is 98.2 Å². The molecule has 550 valence electrons. The molecule has 35 nitrogen and oxygen atoms in total. The minimum Gasteiger partial charge on any atom is -0.481 e. The Bertz CT molecular complexity index is 2890. The average molecular weight is 1410 g/mol. The standard InChI is InChI=1S/C61H97FN12O23Si/c1-60(2,3)98(62,61(4,5)6)39-17-15-38(16-18-39)53(87)65-33-44(67-48(78)34-71-25-27-72(35-50(81)82)29-31-74(37-52(85)86)32-30-73(28-26-71)36-51(83)84)54(88)68-41(56(91)92)11-7-8-23-63-45(75)21-22-46(76)64-24-10-13-40(55(89)90)66-47(77)20-19-43(58(95)96)70-59(97)69-42(57(93)94)12-9-14-49(79)80/h15-18,40-44H,7-14,19-37H2,1-6H3,(H,63,75)(H,64,76)(H,65,87)(H,66,77)(H,67,78)(H,68,88)(H,79,80)(H,81,82)(H,83,84)(H,85,86)(H,89,90)(H,91,92)(H,93,94)(H,95,96)(H2,69,70,97)/t40-,41-,42-,43-,44+/m0/s1. The van der Waals surface area contributed by atoms with Gasteiger partial charge in [0.05, 0.1) is 26.2 Å². The van der Waals surface area contributed by atoms with Crippen molar-refractivity contribution in [3.05, 3.63) is 29.8 Å². The number of benzene rings is 1. The van der Waals surface area contributed by atoms with Gasteiger partial charge >= 0.3 is 53.8 Å². The molecule has 0 radical (unpaired) electrons. The summed E-state index contributed by atoms with van der Waals surface area (Å²) < 4.78 is 17.1. The fourth-order valence-corrected chi connectivity index (χ4v) is 15.5. The Morgan fingerprint density at radius 3 is 1.20 bits per heavy atom. The molecule has 0 spiro atoms. The van der Waals surface area contributed by atoms with Gasteiger partial charge in [-0.15, -0.1) is 0 Å². The van der Waals surface area contributed by atoms with Gasteiger partial charge in [-0.05, 0) is 78.8 Å². The van der Waals surface area contributed by atoms with Gasteiger partial charge in [0, 0.05) is 103 Å². The monoisotopic (exact) mass is 1410 g/mol. The molecule has 0 bridgehead atoms. The third kappa shape index (κ3) is 32.4. The number of hydrogen-bond acceptors (Lipinski definition) is 19. The number of carboxylic acids is 8. The fraction of sp³-hybridized carbons (Fsp3) is 0.656. The number of amides is 8. The quantitative estimate of drug-likeness (QED) is 0.0200. The highest BCUT2D eigenvalue weighted by Crippen LogP contribution is 2.51. The molecule has 1 aromatic rings. The van der Waals surface area contributed by atoms with Gasteiger partial charge in [-0.2, -0.15) is 0 Å². The molecule has 1 fully saturated rings. The molecular formula is C61H97FN12O23Si. The fourth-order valence-electron chi connectivity index (χ4n) is 10.9. The maximum Gasteiger partial charge on any atom is 0.326 e. The Labute approximate surface area is 566 Å². The highest BCUT2D eigenvalue weighted by atomic mass is 28.4. The molecule has 16 N–H and O–H groups in total. The van der Waals surface area contributed by atoms with Crippen molar-refractivity contribution in [1.82, 2.24) is 62.1 Å². The van der Waals surface area contributed by atoms with E-state index in [-0.39, 0.29) is 142 Å². The van der Waals surface area contributed by atoms with Gasteiger partial charge in [0.25, 0.3) is 14.3 Å². The third-order valence-electron chi connectivity index (χ3n) is 15.9. The van der Waals surface area contributed by atoms with Crippen LogP contribution in [0.4, 0.5) is 8.90 Å². The predicted octanol–water partition coefficient (Wildman–Crippen LogP) is -1.56. The van der Waals surface area contributed by atoms with Crippen molar-refractivity contribution in [2.45, 2.75) is 159 Å². The molecule has 8 amide bonds. The minimum absolute atomic E-state index is 0.00500. The highest BCUT2D eigenvalue weighted by Gasteiger charge is 2.56. The molecule has 2 rings (SSSR count). The van der Waals surface area contributed by atoms with E-state index >= 15 is 4.11 Å². The topological polar surface area (TPSA) is 527 Å². The van der Waals surface area contributed by atoms with Gasteiger partial charge in [-0.25, -0.2) is 24.0 Å². The molecule has 5 atom stereocenters. The highest BCUT2D eigenvalue weighted by molar-refractivity contribution is 6.90. The van der Waals surface area contributed by atoms with Gasteiger partial charge in [0.1, 0.15) is 30.2 Å². The lowest BCUT2D eigenvalue weighted by Crippen LogP contribution is -2.58. The number of nitrogens with zero attached hydrogens (tertiary/aromatic N) is 4. The van der Waals surface area contributed by atoms with Crippen LogP contribution >= 0.6 is 0 Å². The maximum absolute atomic E-state index is 17.1. The molecule has 1 saturated heterocycles. The number of nitrogens with one attached hydrogen (secondary N) is 8. The van der Waals surface area contributed by atoms with Crippen LogP contribution in [-0.4, -0.2) is 286 Å². The van der Waals surface area contributed by atoms with E-state index in [2.05, 4.69) is 31.9 Å². The number of aliphatic carboxylic acids is 8. The first-order valence-electron chi connectivity index (χ1n) is 32.0. The van der Waals surface area contributed by atoms with Crippen LogP contribution in [0.5, 0.6) is 0 Å². The van der Waals surface area contributed by atoms with Crippen LogP contribution in [0.25, 0.3) is 0 Å². The Morgan fingerprint density at radius 1 is 0.408 bits per heavy atom. The summed E-state index contributed by atoms with van der Waals surface area (Å²) in [6, 6.07) is -3.24. The molecule has 0 aliphatic carbocycles. The smallest absolute Gasteiger partial charge is 0.326 e. The van der Waals surface area contributed by atoms with E-state index in [0.717, 1.165) is 0 Å². The van der Waals surface area contributed by atoms with Gasteiger partial charge in [0.2, 0.25) is 29.5 Å². The summed E-state index contributed by atoms with van der Waals surface area (Å²) in [6.45, 7) is 9.07. The van der Waals surface area contributed by atoms with Crippen LogP contribution in [0.3, 0.4) is 0 Å². The molecule has 0 aromatic heterocycles. The van der Waals surface area contributed by atoms with Crippen molar-refractivity contribution in [3.8, 4) is 0 Å². The number of carboxylic acid groups (broad SMARTS) is 8. The number of halogens is 1. The van der Waals surface area contributed by atoms with Crippen molar-refractivity contribution < 1.29 is 117 Å². The van der Waals surface area contributed by atoms with Crippen molar-refractivity contribution in [1.29, 1.82) is 0 Å². The number of unbranched alkanes of at least 4 members (excludes halogenated alkanes) is 1. The van der Waals surface area contributed by atoms with E-state index in [1.54, 1.807) is 9.80 Å². The van der Waals surface area contributed by atoms with Gasteiger partial charge in [0.15, 0.2) is 0 Å². The summed E-state index contributed by atoms with van der Waals surface area (Å²) in [5, 5.41) is 94.3. The Morgan fingerprint density at radius 2 is 0.786 bits per heavy atom. The summed E-state index contributed by atoms with van der Waals surface area (Å²) in [5.41, 5.74) is 0.0761. The van der Waals surface area contributed by atoms with E-state index in [0.29, 0.717) is 5.19 Å². The molecule has 1 aliphatic heterocycles. The summed E-state index contributed by atoms with van der Waals surface area (Å²) in [7, 11) is -3.74. The van der Waals surface area contributed by atoms with Gasteiger partial charge in [-0.1, -0.05) is 53.7 Å². The average Bonchev–Trinajstić information content (AvgIpc) is 0.749. The molecule has 0 unspecified atom stereocenters. The number of carbonyl (C=O) groups excluding carboxylic acids is 7. The maximum atomic E-state index is 17.1. The van der Waals surface area contributed by atoms with E-state index < -0.39 is 177 Å². The van der Waals surface area contributed by atoms with Crippen LogP contribution in [0.2, 0.25) is 10.1 Å². The number of carbonyl (C=O) groups is 15. The molecule has 1 heterocycles. The lowest BCUT2D eigenvalue weighted by Gasteiger charge is -2.44. The zero-order valence-electron chi connectivity index (χ0n) is 56.2. The Kier molecular flexibility index (Phi) is 36.5. The SMILES string of the molecule is CC(C)(C)[Si](F)(c1ccc(C(=O)NC[C@@H](NC(=O)CN2CCN(CC(=O)O)CCN(CC(=O)O)CCN(CC(=O)O)CC2)C(=O)N[C@@H](CCCCNC(=O)CCC(=O)NCCC[C@H](NC(=O)CC[C@H](NC(=O)N[C@@H](CCCC(=O)O)C(=O)O)C(=O)O)C(=O)O)C(=O)O)cc1)C(C)(C)C. The molecule has 0 saturated carbocycles. The van der Waals surface area contributed by atoms with Crippen LogP contribution in [0.15, 0.2) is 24.3 Å². The first-order valence-corrected chi connectivity index (χ1v) is 33.9. The van der Waals surface area contributed by atoms with Gasteiger partial charge < -0.3 is 87.5 Å². The first-order chi connectivity index (χ1) is 45.7. The Hall–Kier alpha value is -8.94. The molecule has 1 aliphatic rings. The van der Waals surface area contributed by atoms with Crippen LogP contribution in [0, 0.1) is 0 Å². The second-order valence-corrected chi connectivity index (χ2v) is 30.7. The van der Waals surface area contributed by atoms with Crippen molar-refractivity contribution >= 4 is 103 Å². The van der Waals surface area contributed by atoms with Crippen LogP contribution < -0.4 is 47.7 Å². The van der Waals surface area contributed by atoms with E-state index in [4.69, 9.17) is 5.11 Å². The van der Waals surface area contributed by atoms with Crippen LogP contribution in [0.1, 0.15) is 129 Å². The molecular weight excluding hydrogens is 1320 g/mol. The normalized spacial score (nSPS) is 15.5. The molecule has 37 heteroatoms. The van der Waals surface area contributed by atoms with Crippen LogP contribution in [-0.2, 0) is 62.3 Å². The number of urea groups is 1. The summed E-state index contributed by atoms with van der Waals surface area (Å²) in [5.74, 6) is -15.4. The second kappa shape index (κ2) is 42.0. The minimum atomic E-state index is -3.74. The molecule has 98 heavy (non-hydrogen) atoms. The summed E-state index contributed by atoms with van der Waals surface area (Å²) in [4.78, 5) is 192. The van der Waals surface area contributed by atoms with E-state index in [1.165, 1.54) is 34.1 Å². The second-order valence-electron chi connectivity index (χ2n) is 25.8. The number of hydrogen-bond donors (Lipinski definition) is 16. The molecule has 1 aromatic carbocycles. The zero-order chi connectivity index (χ0) is 74.1. The first kappa shape index (κ1) is 85.1. The van der Waals surface area contributed by atoms with E-state index in [9.17, 15) is 108 Å². The largest absolute Gasteiger partial charge is 0.481 e. The predicted molar refractivity (Wildman–Crippen MR) is 348 cm³/mol. The van der Waals surface area contributed by atoms with Crippen molar-refractivity contribution in [3.63, 3.8) is 0 Å². The summed E-state index contributed by atoms with van der Waals surface area (Å²) >= 11 is 0. The zero-order valence-corrected chi connectivity index (χ0v) is 57.2. The van der Waals surface area contributed by atoms with Gasteiger partial charge in [-0.3, -0.25) is 67.5 Å². The van der Waals surface area contributed by atoms with E-state index in [1.807, 2.05) is 52.2 Å².